The van der Waals surface area contributed by atoms with Gasteiger partial charge in [0.2, 0.25) is 0 Å². The highest BCUT2D eigenvalue weighted by Gasteiger charge is 2.47. The third-order valence-electron chi connectivity index (χ3n) is 3.45. The summed E-state index contributed by atoms with van der Waals surface area (Å²) in [6, 6.07) is 3.63. The van der Waals surface area contributed by atoms with Crippen LogP contribution in [0.15, 0.2) is 18.2 Å². The highest BCUT2D eigenvalue weighted by molar-refractivity contribution is 6.43. The summed E-state index contributed by atoms with van der Waals surface area (Å²) < 4.78 is 5.16. The van der Waals surface area contributed by atoms with Gasteiger partial charge in [0.05, 0.1) is 35.0 Å². The van der Waals surface area contributed by atoms with Crippen molar-refractivity contribution in [2.45, 2.75) is 13.0 Å². The minimum Gasteiger partial charge on any atom is -0.481 e. The number of carbonyl (C=O) groups excluding carboxylic acids is 1. The number of anilines is 1. The fourth-order valence-electron chi connectivity index (χ4n) is 2.00. The van der Waals surface area contributed by atoms with E-state index < -0.39 is 23.5 Å². The van der Waals surface area contributed by atoms with Gasteiger partial charge in [0.25, 0.3) is 0 Å². The van der Waals surface area contributed by atoms with E-state index in [1.165, 1.54) is 6.92 Å². The first-order valence-corrected chi connectivity index (χ1v) is 6.93. The molecule has 0 spiro atoms. The molecule has 2 unspecified atom stereocenters. The molecule has 2 atom stereocenters. The second-order valence-corrected chi connectivity index (χ2v) is 5.78. The molecule has 1 aromatic carbocycles. The van der Waals surface area contributed by atoms with Gasteiger partial charge in [0.15, 0.2) is 0 Å². The number of halogens is 2. The molecule has 0 aromatic heterocycles. The molecule has 1 heterocycles. The first-order chi connectivity index (χ1) is 9.84. The Morgan fingerprint density at radius 3 is 2.81 bits per heavy atom. The summed E-state index contributed by atoms with van der Waals surface area (Å²) in [6.45, 7) is 1.71. The van der Waals surface area contributed by atoms with Crippen molar-refractivity contribution in [2.24, 2.45) is 5.41 Å². The van der Waals surface area contributed by atoms with Gasteiger partial charge in [-0.05, 0) is 19.1 Å². The Hall–Kier alpha value is -1.50. The minimum atomic E-state index is -1.16. The van der Waals surface area contributed by atoms with Crippen molar-refractivity contribution in [1.29, 1.82) is 0 Å². The fraction of sp³-hybridized carbons (Fsp3) is 0.385. The monoisotopic (exact) mass is 332 g/mol. The van der Waals surface area contributed by atoms with Gasteiger partial charge in [-0.3, -0.25) is 4.79 Å². The number of rotatable bonds is 3. The predicted molar refractivity (Wildman–Crippen MR) is 79.0 cm³/mol. The van der Waals surface area contributed by atoms with Crippen molar-refractivity contribution in [2.75, 3.05) is 18.5 Å². The third kappa shape index (κ3) is 3.23. The molecule has 1 aliphatic rings. The molecule has 114 valence electrons. The van der Waals surface area contributed by atoms with Gasteiger partial charge in [-0.15, -0.1) is 0 Å². The average Bonchev–Trinajstić information content (AvgIpc) is 2.78. The molecule has 8 heteroatoms. The van der Waals surface area contributed by atoms with Crippen LogP contribution in [-0.4, -0.2) is 36.4 Å². The Balaban J connectivity index is 2.05. The molecule has 1 aromatic rings. The van der Waals surface area contributed by atoms with Crippen LogP contribution in [0.25, 0.3) is 0 Å². The SMILES string of the molecule is CC1(C(=O)O)COCC1NC(=O)Nc1cccc(Cl)c1Cl. The number of benzene rings is 1. The van der Waals surface area contributed by atoms with Crippen molar-refractivity contribution in [3.8, 4) is 0 Å². The number of hydrogen-bond donors (Lipinski definition) is 3. The summed E-state index contributed by atoms with van der Waals surface area (Å²) in [4.78, 5) is 23.3. The molecule has 6 nitrogen and oxygen atoms in total. The largest absolute Gasteiger partial charge is 0.481 e. The second kappa shape index (κ2) is 6.09. The van der Waals surface area contributed by atoms with Crippen molar-refractivity contribution in [3.63, 3.8) is 0 Å². The van der Waals surface area contributed by atoms with Crippen molar-refractivity contribution >= 4 is 40.9 Å². The van der Waals surface area contributed by atoms with Crippen LogP contribution >= 0.6 is 23.2 Å². The van der Waals surface area contributed by atoms with E-state index in [1.54, 1.807) is 18.2 Å². The van der Waals surface area contributed by atoms with E-state index in [-0.39, 0.29) is 18.2 Å². The number of ether oxygens (including phenoxy) is 1. The lowest BCUT2D eigenvalue weighted by Crippen LogP contribution is -2.50. The zero-order chi connectivity index (χ0) is 15.6. The normalized spacial score (nSPS) is 24.6. The topological polar surface area (TPSA) is 87.7 Å². The van der Waals surface area contributed by atoms with E-state index >= 15 is 0 Å². The Morgan fingerprint density at radius 1 is 1.43 bits per heavy atom. The van der Waals surface area contributed by atoms with E-state index in [0.29, 0.717) is 10.7 Å². The van der Waals surface area contributed by atoms with E-state index in [1.807, 2.05) is 0 Å². The van der Waals surface area contributed by atoms with E-state index in [0.717, 1.165) is 0 Å². The molecule has 21 heavy (non-hydrogen) atoms. The molecule has 2 amide bonds. The van der Waals surface area contributed by atoms with Gasteiger partial charge in [-0.25, -0.2) is 4.79 Å². The van der Waals surface area contributed by atoms with Crippen molar-refractivity contribution in [3.05, 3.63) is 28.2 Å². The molecular weight excluding hydrogens is 319 g/mol. The summed E-state index contributed by atoms with van der Waals surface area (Å²) in [5.41, 5.74) is -0.812. The number of carboxylic acid groups (broad SMARTS) is 1. The Labute approximate surface area is 131 Å². The molecule has 0 saturated carbocycles. The molecule has 0 aliphatic carbocycles. The van der Waals surface area contributed by atoms with E-state index in [2.05, 4.69) is 10.6 Å². The molecule has 1 aliphatic heterocycles. The Morgan fingerprint density at radius 2 is 2.14 bits per heavy atom. The van der Waals surface area contributed by atoms with Gasteiger partial charge in [0.1, 0.15) is 5.41 Å². The molecule has 1 fully saturated rings. The number of urea groups is 1. The van der Waals surface area contributed by atoms with Crippen LogP contribution in [0.1, 0.15) is 6.92 Å². The molecule has 1 saturated heterocycles. The van der Waals surface area contributed by atoms with E-state index in [4.69, 9.17) is 27.9 Å². The summed E-state index contributed by atoms with van der Waals surface area (Å²) in [6.07, 6.45) is 0. The number of nitrogens with one attached hydrogen (secondary N) is 2. The number of hydrogen-bond acceptors (Lipinski definition) is 3. The van der Waals surface area contributed by atoms with Crippen LogP contribution < -0.4 is 10.6 Å². The van der Waals surface area contributed by atoms with Crippen molar-refractivity contribution < 1.29 is 19.4 Å². The molecule has 2 rings (SSSR count). The van der Waals surface area contributed by atoms with Gasteiger partial charge >= 0.3 is 12.0 Å². The number of aliphatic carboxylic acids is 1. The average molecular weight is 333 g/mol. The van der Waals surface area contributed by atoms with Crippen LogP contribution in [-0.2, 0) is 9.53 Å². The smallest absolute Gasteiger partial charge is 0.319 e. The lowest BCUT2D eigenvalue weighted by Gasteiger charge is -2.25. The van der Waals surface area contributed by atoms with Gasteiger partial charge in [0, 0.05) is 0 Å². The van der Waals surface area contributed by atoms with Crippen LogP contribution in [0.4, 0.5) is 10.5 Å². The Bertz CT molecular complexity index is 581. The summed E-state index contributed by atoms with van der Waals surface area (Å²) in [5, 5.41) is 14.9. The highest BCUT2D eigenvalue weighted by Crippen LogP contribution is 2.31. The zero-order valence-electron chi connectivity index (χ0n) is 11.2. The van der Waals surface area contributed by atoms with Crippen LogP contribution in [0.2, 0.25) is 10.0 Å². The zero-order valence-corrected chi connectivity index (χ0v) is 12.7. The molecule has 3 N–H and O–H groups in total. The van der Waals surface area contributed by atoms with Crippen LogP contribution in [0.3, 0.4) is 0 Å². The summed E-state index contributed by atoms with van der Waals surface area (Å²) >= 11 is 11.8. The van der Waals surface area contributed by atoms with Crippen molar-refractivity contribution in [1.82, 2.24) is 5.32 Å². The standard InChI is InChI=1S/C13H14Cl2N2O4/c1-13(11(18)19)6-21-5-9(13)17-12(20)16-8-4-2-3-7(14)10(8)15/h2-4,9H,5-6H2,1H3,(H,18,19)(H2,16,17,20). The predicted octanol–water partition coefficient (Wildman–Crippen LogP) is 2.60. The van der Waals surface area contributed by atoms with Crippen LogP contribution in [0, 0.1) is 5.41 Å². The lowest BCUT2D eigenvalue weighted by molar-refractivity contribution is -0.148. The molecule has 0 bridgehead atoms. The third-order valence-corrected chi connectivity index (χ3v) is 4.27. The number of amides is 2. The fourth-order valence-corrected chi connectivity index (χ4v) is 2.35. The maximum absolute atomic E-state index is 12.0. The Kier molecular flexibility index (Phi) is 4.61. The maximum Gasteiger partial charge on any atom is 0.319 e. The summed E-state index contributed by atoms with van der Waals surface area (Å²) in [7, 11) is 0. The molecule has 0 radical (unpaired) electrons. The van der Waals surface area contributed by atoms with Gasteiger partial charge in [-0.2, -0.15) is 0 Å². The lowest BCUT2D eigenvalue weighted by atomic mass is 9.85. The van der Waals surface area contributed by atoms with Crippen LogP contribution in [0.5, 0.6) is 0 Å². The summed E-state index contributed by atoms with van der Waals surface area (Å²) in [5.74, 6) is -1.02. The quantitative estimate of drug-likeness (QED) is 0.793. The highest BCUT2D eigenvalue weighted by atomic mass is 35.5. The van der Waals surface area contributed by atoms with Gasteiger partial charge < -0.3 is 20.5 Å². The first-order valence-electron chi connectivity index (χ1n) is 6.17. The second-order valence-electron chi connectivity index (χ2n) is 4.99. The molecular formula is C13H14Cl2N2O4. The number of carboxylic acids is 1. The van der Waals surface area contributed by atoms with E-state index in [9.17, 15) is 14.7 Å². The number of carbonyl (C=O) groups is 2. The van der Waals surface area contributed by atoms with Gasteiger partial charge in [-0.1, -0.05) is 29.3 Å². The maximum atomic E-state index is 12.0. The minimum absolute atomic E-state index is 0.0468. The first kappa shape index (κ1) is 15.9.